The van der Waals surface area contributed by atoms with Crippen LogP contribution < -0.4 is 19.1 Å². The average molecular weight is 590 g/mol. The molecule has 0 bridgehead atoms. The largest absolute Gasteiger partial charge is 0.497 e. The highest BCUT2D eigenvalue weighted by Crippen LogP contribution is 2.31. The van der Waals surface area contributed by atoms with E-state index in [1.807, 2.05) is 43.3 Å². The molecule has 1 atom stereocenters. The van der Waals surface area contributed by atoms with Crippen LogP contribution in [0.3, 0.4) is 0 Å². The van der Waals surface area contributed by atoms with E-state index >= 15 is 0 Å². The Hall–Kier alpha value is -3.04. The average Bonchev–Trinajstić information content (AvgIpc) is 2.87. The van der Waals surface area contributed by atoms with E-state index in [9.17, 15) is 13.2 Å². The van der Waals surface area contributed by atoms with Crippen LogP contribution in [0.15, 0.2) is 76.1 Å². The maximum atomic E-state index is 13.8. The summed E-state index contributed by atoms with van der Waals surface area (Å²) in [7, 11) is -0.963. The molecule has 0 radical (unpaired) electrons. The number of anilines is 1. The van der Waals surface area contributed by atoms with Crippen molar-refractivity contribution in [2.75, 3.05) is 25.1 Å². The standard InChI is InChI=1S/C28H33BrN2O5S/c1-19(2)16-26(21-8-12-23(35-4)13-9-21)30-28(32)18-31(22-10-6-20(3)7-11-22)37(33,34)24-14-15-27(36-5)25(29)17-24/h6-15,17,19,26H,16,18H2,1-5H3,(H,30,32)/t26-/m0/s1. The van der Waals surface area contributed by atoms with Gasteiger partial charge >= 0.3 is 0 Å². The molecule has 1 N–H and O–H groups in total. The van der Waals surface area contributed by atoms with Gasteiger partial charge in [0.1, 0.15) is 18.0 Å². The number of hydrogen-bond donors (Lipinski definition) is 1. The maximum absolute atomic E-state index is 13.8. The van der Waals surface area contributed by atoms with Crippen LogP contribution in [0, 0.1) is 12.8 Å². The van der Waals surface area contributed by atoms with Crippen molar-refractivity contribution in [1.29, 1.82) is 0 Å². The number of sulfonamides is 1. The van der Waals surface area contributed by atoms with Gasteiger partial charge in [0.2, 0.25) is 5.91 Å². The molecule has 0 heterocycles. The van der Waals surface area contributed by atoms with Crippen LogP contribution >= 0.6 is 15.9 Å². The van der Waals surface area contributed by atoms with E-state index in [0.29, 0.717) is 28.2 Å². The zero-order valence-electron chi connectivity index (χ0n) is 21.7. The third-order valence-electron chi connectivity index (χ3n) is 5.88. The maximum Gasteiger partial charge on any atom is 0.264 e. The number of carbonyl (C=O) groups excluding carboxylic acids is 1. The Morgan fingerprint density at radius 1 is 0.973 bits per heavy atom. The number of hydrogen-bond acceptors (Lipinski definition) is 5. The van der Waals surface area contributed by atoms with Crippen molar-refractivity contribution >= 4 is 37.5 Å². The number of nitrogens with zero attached hydrogens (tertiary/aromatic N) is 1. The lowest BCUT2D eigenvalue weighted by molar-refractivity contribution is -0.120. The Kier molecular flexibility index (Phi) is 9.62. The van der Waals surface area contributed by atoms with Gasteiger partial charge in [-0.25, -0.2) is 8.42 Å². The van der Waals surface area contributed by atoms with Gasteiger partial charge in [0.25, 0.3) is 10.0 Å². The molecule has 0 unspecified atom stereocenters. The first-order chi connectivity index (χ1) is 17.5. The highest BCUT2D eigenvalue weighted by atomic mass is 79.9. The first kappa shape index (κ1) is 28.5. The molecule has 0 aliphatic rings. The lowest BCUT2D eigenvalue weighted by Gasteiger charge is -2.27. The Morgan fingerprint density at radius 3 is 2.16 bits per heavy atom. The summed E-state index contributed by atoms with van der Waals surface area (Å²) < 4.78 is 39.7. The normalized spacial score (nSPS) is 12.2. The molecule has 7 nitrogen and oxygen atoms in total. The number of benzene rings is 3. The zero-order valence-corrected chi connectivity index (χ0v) is 24.1. The van der Waals surface area contributed by atoms with Crippen LogP contribution in [0.1, 0.15) is 37.4 Å². The van der Waals surface area contributed by atoms with Crippen molar-refractivity contribution in [3.8, 4) is 11.5 Å². The van der Waals surface area contributed by atoms with Gasteiger partial charge in [-0.15, -0.1) is 0 Å². The minimum Gasteiger partial charge on any atom is -0.497 e. The van der Waals surface area contributed by atoms with Crippen LogP contribution in [0.4, 0.5) is 5.69 Å². The summed E-state index contributed by atoms with van der Waals surface area (Å²) in [5, 5.41) is 3.05. The molecule has 9 heteroatoms. The first-order valence-corrected chi connectivity index (χ1v) is 14.1. The van der Waals surface area contributed by atoms with Crippen LogP contribution in [0.25, 0.3) is 0 Å². The fraction of sp³-hybridized carbons (Fsp3) is 0.321. The molecule has 3 aromatic rings. The molecule has 37 heavy (non-hydrogen) atoms. The molecule has 3 rings (SSSR count). The van der Waals surface area contributed by atoms with Crippen LogP contribution in [0.5, 0.6) is 11.5 Å². The number of nitrogens with one attached hydrogen (secondary N) is 1. The third-order valence-corrected chi connectivity index (χ3v) is 8.27. The van der Waals surface area contributed by atoms with E-state index in [0.717, 1.165) is 21.2 Å². The van der Waals surface area contributed by atoms with Crippen LogP contribution in [0.2, 0.25) is 0 Å². The minimum atomic E-state index is -4.07. The van der Waals surface area contributed by atoms with Crippen molar-refractivity contribution in [3.63, 3.8) is 0 Å². The van der Waals surface area contributed by atoms with Gasteiger partial charge in [-0.1, -0.05) is 43.7 Å². The molecule has 0 saturated carbocycles. The summed E-state index contributed by atoms with van der Waals surface area (Å²) in [6.07, 6.45) is 0.695. The summed E-state index contributed by atoms with van der Waals surface area (Å²) in [6.45, 7) is 5.70. The quantitative estimate of drug-likeness (QED) is 0.302. The number of aryl methyl sites for hydroxylation is 1. The van der Waals surface area contributed by atoms with Crippen molar-refractivity contribution < 1.29 is 22.7 Å². The minimum absolute atomic E-state index is 0.0439. The lowest BCUT2D eigenvalue weighted by atomic mass is 9.97. The van der Waals surface area contributed by atoms with E-state index in [1.165, 1.54) is 19.2 Å². The molecule has 1 amide bonds. The Balaban J connectivity index is 1.94. The number of ether oxygens (including phenoxy) is 2. The number of halogens is 1. The Morgan fingerprint density at radius 2 is 1.62 bits per heavy atom. The fourth-order valence-electron chi connectivity index (χ4n) is 3.92. The summed E-state index contributed by atoms with van der Waals surface area (Å²) >= 11 is 3.36. The SMILES string of the molecule is COc1ccc([C@H](CC(C)C)NC(=O)CN(c2ccc(C)cc2)S(=O)(=O)c2ccc(OC)c(Br)c2)cc1. The second-order valence-corrected chi connectivity index (χ2v) is 11.9. The summed E-state index contributed by atoms with van der Waals surface area (Å²) in [5.74, 6) is 1.13. The molecule has 3 aromatic carbocycles. The van der Waals surface area contributed by atoms with Gasteiger partial charge < -0.3 is 14.8 Å². The van der Waals surface area contributed by atoms with Crippen LogP contribution in [-0.2, 0) is 14.8 Å². The highest BCUT2D eigenvalue weighted by Gasteiger charge is 2.29. The molecule has 0 fully saturated rings. The predicted molar refractivity (Wildman–Crippen MR) is 150 cm³/mol. The van der Waals surface area contributed by atoms with Gasteiger partial charge in [-0.05, 0) is 83.2 Å². The predicted octanol–water partition coefficient (Wildman–Crippen LogP) is 5.87. The fourth-order valence-corrected chi connectivity index (χ4v) is 6.06. The highest BCUT2D eigenvalue weighted by molar-refractivity contribution is 9.10. The van der Waals surface area contributed by atoms with E-state index in [2.05, 4.69) is 35.1 Å². The van der Waals surface area contributed by atoms with Crippen molar-refractivity contribution in [2.24, 2.45) is 5.92 Å². The van der Waals surface area contributed by atoms with Gasteiger partial charge in [0.05, 0.1) is 35.3 Å². The van der Waals surface area contributed by atoms with Gasteiger partial charge in [-0.3, -0.25) is 9.10 Å². The van der Waals surface area contributed by atoms with E-state index in [-0.39, 0.29) is 17.5 Å². The Bertz CT molecular complexity index is 1310. The molecule has 0 spiro atoms. The van der Waals surface area contributed by atoms with E-state index in [4.69, 9.17) is 9.47 Å². The molecule has 198 valence electrons. The van der Waals surface area contributed by atoms with E-state index in [1.54, 1.807) is 25.3 Å². The van der Waals surface area contributed by atoms with Crippen molar-refractivity contribution in [3.05, 3.63) is 82.3 Å². The second kappa shape index (κ2) is 12.5. The van der Waals surface area contributed by atoms with Gasteiger partial charge in [-0.2, -0.15) is 0 Å². The van der Waals surface area contributed by atoms with Crippen molar-refractivity contribution in [2.45, 2.75) is 38.1 Å². The first-order valence-electron chi connectivity index (χ1n) is 11.9. The van der Waals surface area contributed by atoms with Crippen LogP contribution in [-0.4, -0.2) is 35.1 Å². The number of methoxy groups -OCH3 is 2. The summed E-state index contributed by atoms with van der Waals surface area (Å²) in [6, 6.07) is 18.8. The second-order valence-electron chi connectivity index (χ2n) is 9.17. The van der Waals surface area contributed by atoms with E-state index < -0.39 is 15.9 Å². The molecular weight excluding hydrogens is 556 g/mol. The smallest absolute Gasteiger partial charge is 0.264 e. The van der Waals surface area contributed by atoms with Gasteiger partial charge in [0.15, 0.2) is 0 Å². The molecular formula is C28H33BrN2O5S. The third kappa shape index (κ3) is 7.26. The molecule has 0 aromatic heterocycles. The molecule has 0 aliphatic heterocycles. The zero-order chi connectivity index (χ0) is 27.2. The lowest BCUT2D eigenvalue weighted by Crippen LogP contribution is -2.42. The molecule has 0 saturated heterocycles. The number of rotatable bonds is 11. The number of carbonyl (C=O) groups is 1. The molecule has 0 aliphatic carbocycles. The monoisotopic (exact) mass is 588 g/mol. The summed E-state index contributed by atoms with van der Waals surface area (Å²) in [4.78, 5) is 13.4. The van der Waals surface area contributed by atoms with Gasteiger partial charge in [0, 0.05) is 0 Å². The topological polar surface area (TPSA) is 84.9 Å². The Labute approximate surface area is 228 Å². The summed E-state index contributed by atoms with van der Waals surface area (Å²) in [5.41, 5.74) is 2.30. The number of amides is 1. The van der Waals surface area contributed by atoms with Crippen molar-refractivity contribution in [1.82, 2.24) is 5.32 Å².